The molecule has 6 atom stereocenters. The van der Waals surface area contributed by atoms with Crippen LogP contribution in [0.4, 0.5) is 0 Å². The number of carbonyl (C=O) groups excluding carboxylic acids is 1. The predicted molar refractivity (Wildman–Crippen MR) is 106 cm³/mol. The Labute approximate surface area is 168 Å². The number of hydrogen-bond acceptors (Lipinski definition) is 5. The Hall–Kier alpha value is -0.770. The van der Waals surface area contributed by atoms with E-state index in [1.807, 2.05) is 0 Å². The monoisotopic (exact) mass is 396 g/mol. The average Bonchev–Trinajstić information content (AvgIpc) is 3.37. The van der Waals surface area contributed by atoms with Gasteiger partial charge in [-0.15, -0.1) is 0 Å². The summed E-state index contributed by atoms with van der Waals surface area (Å²) in [7, 11) is 0. The van der Waals surface area contributed by atoms with Gasteiger partial charge in [0.05, 0.1) is 25.3 Å². The van der Waals surface area contributed by atoms with E-state index in [-0.39, 0.29) is 24.2 Å². The van der Waals surface area contributed by atoms with Crippen LogP contribution in [0.2, 0.25) is 0 Å². The standard InChI is InChI=1S/C20H38N6O2/c1-13(2)26-9-3-4-16(26)20-23-19(24-28-20)15-5-8-22-17(12-15)25-10-6-14(7-11-25)18(21)27/h13-17,19-20,22-24H,3-12H2,1-2H3,(H2,21,27)/p+2/t15?,16-,17?,19?,20?/m0/s1. The van der Waals surface area contributed by atoms with Crippen molar-refractivity contribution in [3.05, 3.63) is 0 Å². The van der Waals surface area contributed by atoms with E-state index in [1.165, 1.54) is 25.8 Å². The van der Waals surface area contributed by atoms with Crippen LogP contribution >= 0.6 is 0 Å². The maximum absolute atomic E-state index is 11.4. The zero-order chi connectivity index (χ0) is 19.7. The summed E-state index contributed by atoms with van der Waals surface area (Å²) in [6, 6.07) is 1.20. The molecular formula is C20H40N6O2+2. The van der Waals surface area contributed by atoms with Gasteiger partial charge in [0.2, 0.25) is 5.91 Å². The van der Waals surface area contributed by atoms with Crippen LogP contribution in [-0.2, 0) is 9.63 Å². The van der Waals surface area contributed by atoms with Gasteiger partial charge >= 0.3 is 0 Å². The zero-order valence-corrected chi connectivity index (χ0v) is 17.5. The minimum atomic E-state index is -0.128. The lowest BCUT2D eigenvalue weighted by atomic mass is 9.90. The van der Waals surface area contributed by atoms with Crippen LogP contribution in [0, 0.1) is 11.8 Å². The van der Waals surface area contributed by atoms with Crippen LogP contribution in [0.25, 0.3) is 0 Å². The Morgan fingerprint density at radius 2 is 2.04 bits per heavy atom. The number of hydroxylamine groups is 1. The lowest BCUT2D eigenvalue weighted by Crippen LogP contribution is -3.18. The Morgan fingerprint density at radius 1 is 1.25 bits per heavy atom. The molecule has 0 radical (unpaired) electrons. The van der Waals surface area contributed by atoms with Crippen molar-refractivity contribution < 1.29 is 19.8 Å². The average molecular weight is 397 g/mol. The molecule has 0 spiro atoms. The Bertz CT molecular complexity index is 539. The fourth-order valence-corrected chi connectivity index (χ4v) is 5.93. The molecule has 0 bridgehead atoms. The highest BCUT2D eigenvalue weighted by molar-refractivity contribution is 5.76. The van der Waals surface area contributed by atoms with Gasteiger partial charge in [0.25, 0.3) is 0 Å². The Balaban J connectivity index is 1.29. The van der Waals surface area contributed by atoms with Gasteiger partial charge in [-0.3, -0.25) is 19.8 Å². The summed E-state index contributed by atoms with van der Waals surface area (Å²) >= 11 is 0. The largest absolute Gasteiger partial charge is 0.369 e. The van der Waals surface area contributed by atoms with Crippen LogP contribution in [0.3, 0.4) is 0 Å². The van der Waals surface area contributed by atoms with Gasteiger partial charge in [0, 0.05) is 50.6 Å². The highest BCUT2D eigenvalue weighted by Crippen LogP contribution is 2.25. The normalized spacial score (nSPS) is 41.0. The van der Waals surface area contributed by atoms with Crippen molar-refractivity contribution in [2.24, 2.45) is 17.6 Å². The Morgan fingerprint density at radius 3 is 2.75 bits per heavy atom. The van der Waals surface area contributed by atoms with Crippen LogP contribution in [0.5, 0.6) is 0 Å². The number of nitrogens with one attached hydrogen (secondary N) is 3. The molecular weight excluding hydrogens is 356 g/mol. The van der Waals surface area contributed by atoms with Crippen molar-refractivity contribution in [2.45, 2.75) is 83.0 Å². The first kappa shape index (κ1) is 20.5. The second kappa shape index (κ2) is 8.93. The van der Waals surface area contributed by atoms with Crippen molar-refractivity contribution in [3.63, 3.8) is 0 Å². The first-order chi connectivity index (χ1) is 13.5. The summed E-state index contributed by atoms with van der Waals surface area (Å²) in [6.07, 6.45) is 7.61. The van der Waals surface area contributed by atoms with E-state index >= 15 is 0 Å². The molecule has 1 amide bonds. The first-order valence-electron chi connectivity index (χ1n) is 11.4. The van der Waals surface area contributed by atoms with E-state index in [9.17, 15) is 4.79 Å². The molecule has 4 rings (SSSR count). The number of amides is 1. The summed E-state index contributed by atoms with van der Waals surface area (Å²) < 4.78 is 0. The molecule has 4 saturated heterocycles. The SMILES string of the molecule is CC(C)[NH+]1CCC[C@H]1C1NC(C2CC[NH2+]C(N3CCC(C(N)=O)CC3)C2)NO1. The minimum absolute atomic E-state index is 0.0702. The van der Waals surface area contributed by atoms with E-state index in [0.29, 0.717) is 24.2 Å². The Kier molecular flexibility index (Phi) is 6.54. The highest BCUT2D eigenvalue weighted by atomic mass is 16.7. The molecule has 4 aliphatic heterocycles. The lowest BCUT2D eigenvalue weighted by molar-refractivity contribution is -0.937. The molecule has 4 fully saturated rings. The number of rotatable bonds is 5. The van der Waals surface area contributed by atoms with Crippen LogP contribution in [0.15, 0.2) is 0 Å². The van der Waals surface area contributed by atoms with Gasteiger partial charge in [-0.1, -0.05) is 0 Å². The molecule has 0 aromatic rings. The van der Waals surface area contributed by atoms with Crippen molar-refractivity contribution in [3.8, 4) is 0 Å². The van der Waals surface area contributed by atoms with Gasteiger partial charge in [-0.25, -0.2) is 0 Å². The van der Waals surface area contributed by atoms with E-state index in [4.69, 9.17) is 10.6 Å². The number of nitrogens with two attached hydrogens (primary N) is 2. The number of carbonyl (C=O) groups is 1. The molecule has 28 heavy (non-hydrogen) atoms. The number of primary amides is 1. The maximum Gasteiger partial charge on any atom is 0.220 e. The van der Waals surface area contributed by atoms with E-state index in [1.54, 1.807) is 4.90 Å². The molecule has 4 heterocycles. The highest BCUT2D eigenvalue weighted by Gasteiger charge is 2.45. The third-order valence-corrected chi connectivity index (χ3v) is 7.62. The minimum Gasteiger partial charge on any atom is -0.369 e. The second-order valence-electron chi connectivity index (χ2n) is 9.62. The second-order valence-corrected chi connectivity index (χ2v) is 9.62. The predicted octanol–water partition coefficient (Wildman–Crippen LogP) is -2.28. The van der Waals surface area contributed by atoms with Gasteiger partial charge in [0.15, 0.2) is 6.23 Å². The van der Waals surface area contributed by atoms with Crippen molar-refractivity contribution in [2.75, 3.05) is 26.2 Å². The summed E-state index contributed by atoms with van der Waals surface area (Å²) in [5.74, 6) is 0.524. The number of quaternary nitrogens is 2. The number of likely N-dealkylation sites (tertiary alicyclic amines) is 2. The smallest absolute Gasteiger partial charge is 0.220 e. The third kappa shape index (κ3) is 4.37. The van der Waals surface area contributed by atoms with Crippen molar-refractivity contribution in [1.29, 1.82) is 0 Å². The summed E-state index contributed by atoms with van der Waals surface area (Å²) in [5.41, 5.74) is 8.83. The molecule has 4 aliphatic rings. The zero-order valence-electron chi connectivity index (χ0n) is 17.5. The molecule has 0 aromatic heterocycles. The fraction of sp³-hybridized carbons (Fsp3) is 0.950. The van der Waals surface area contributed by atoms with Gasteiger partial charge in [-0.2, -0.15) is 5.48 Å². The molecule has 0 aliphatic carbocycles. The molecule has 160 valence electrons. The third-order valence-electron chi connectivity index (χ3n) is 7.62. The molecule has 8 nitrogen and oxygen atoms in total. The van der Waals surface area contributed by atoms with Crippen LogP contribution in [0.1, 0.15) is 52.4 Å². The van der Waals surface area contributed by atoms with Gasteiger partial charge in [0.1, 0.15) is 12.2 Å². The van der Waals surface area contributed by atoms with E-state index in [2.05, 4.69) is 34.9 Å². The molecule has 5 unspecified atom stereocenters. The van der Waals surface area contributed by atoms with Crippen LogP contribution in [-0.4, -0.2) is 67.6 Å². The molecule has 8 heteroatoms. The lowest BCUT2D eigenvalue weighted by Gasteiger charge is -2.39. The fourth-order valence-electron chi connectivity index (χ4n) is 5.93. The summed E-state index contributed by atoms with van der Waals surface area (Å²) in [4.78, 5) is 21.7. The van der Waals surface area contributed by atoms with E-state index < -0.39 is 0 Å². The molecule has 7 N–H and O–H groups in total. The van der Waals surface area contributed by atoms with Crippen molar-refractivity contribution >= 4 is 5.91 Å². The number of hydrogen-bond donors (Lipinski definition) is 5. The van der Waals surface area contributed by atoms with Crippen molar-refractivity contribution in [1.82, 2.24) is 15.7 Å². The summed E-state index contributed by atoms with van der Waals surface area (Å²) in [5, 5.41) is 6.27. The van der Waals surface area contributed by atoms with E-state index in [0.717, 1.165) is 38.9 Å². The quantitative estimate of drug-likeness (QED) is 0.360. The first-order valence-corrected chi connectivity index (χ1v) is 11.4. The molecule has 0 saturated carbocycles. The number of nitrogens with zero attached hydrogens (tertiary/aromatic N) is 1. The van der Waals surface area contributed by atoms with Crippen LogP contribution < -0.4 is 26.7 Å². The topological polar surface area (TPSA) is 101 Å². The number of piperidine rings is 2. The molecule has 0 aromatic carbocycles. The van der Waals surface area contributed by atoms with Gasteiger partial charge < -0.3 is 16.0 Å². The summed E-state index contributed by atoms with van der Waals surface area (Å²) in [6.45, 7) is 9.02. The van der Waals surface area contributed by atoms with Gasteiger partial charge in [-0.05, 0) is 26.7 Å². The maximum atomic E-state index is 11.4.